The smallest absolute Gasteiger partial charge is 0.257 e. The van der Waals surface area contributed by atoms with E-state index in [-0.39, 0.29) is 48.5 Å². The average molecular weight is 403 g/mol. The zero-order chi connectivity index (χ0) is 21.1. The van der Waals surface area contributed by atoms with Crippen LogP contribution < -0.4 is 15.4 Å². The third-order valence-electron chi connectivity index (χ3n) is 5.50. The highest BCUT2D eigenvalue weighted by Crippen LogP contribution is 2.32. The molecule has 3 amide bonds. The van der Waals surface area contributed by atoms with Gasteiger partial charge in [-0.15, -0.1) is 0 Å². The van der Waals surface area contributed by atoms with Crippen molar-refractivity contribution in [2.24, 2.45) is 5.92 Å². The number of likely N-dealkylation sites (N-methyl/N-ethyl adjacent to an activating group) is 1. The highest BCUT2D eigenvalue weighted by molar-refractivity contribution is 6.00. The summed E-state index contributed by atoms with van der Waals surface area (Å²) in [4.78, 5) is 38.5. The van der Waals surface area contributed by atoms with E-state index in [1.54, 1.807) is 37.2 Å². The molecule has 1 aromatic rings. The van der Waals surface area contributed by atoms with Gasteiger partial charge in [0.15, 0.2) is 0 Å². The minimum atomic E-state index is -0.305. The van der Waals surface area contributed by atoms with Gasteiger partial charge in [0, 0.05) is 25.7 Å². The van der Waals surface area contributed by atoms with Gasteiger partial charge in [0.05, 0.1) is 24.1 Å². The molecule has 2 N–H and O–H groups in total. The number of anilines is 1. The van der Waals surface area contributed by atoms with Gasteiger partial charge in [0.25, 0.3) is 5.91 Å². The van der Waals surface area contributed by atoms with E-state index in [2.05, 4.69) is 10.6 Å². The van der Waals surface area contributed by atoms with E-state index in [4.69, 9.17) is 9.47 Å². The van der Waals surface area contributed by atoms with Gasteiger partial charge in [-0.1, -0.05) is 13.8 Å². The van der Waals surface area contributed by atoms with Gasteiger partial charge in [0.2, 0.25) is 11.8 Å². The summed E-state index contributed by atoms with van der Waals surface area (Å²) in [5, 5.41) is 5.44. The number of nitrogens with zero attached hydrogens (tertiary/aromatic N) is 1. The predicted octanol–water partition coefficient (Wildman–Crippen LogP) is 1.80. The Balaban J connectivity index is 1.79. The summed E-state index contributed by atoms with van der Waals surface area (Å²) in [5.74, 6) is -0.0514. The van der Waals surface area contributed by atoms with Crippen molar-refractivity contribution in [3.8, 4) is 5.75 Å². The number of rotatable bonds is 4. The van der Waals surface area contributed by atoms with E-state index in [1.165, 1.54) is 0 Å². The third kappa shape index (κ3) is 4.70. The normalized spacial score (nSPS) is 24.0. The van der Waals surface area contributed by atoms with Crippen molar-refractivity contribution in [1.82, 2.24) is 10.2 Å². The van der Waals surface area contributed by atoms with Crippen LogP contribution in [0.25, 0.3) is 0 Å². The van der Waals surface area contributed by atoms with Crippen LogP contribution in [-0.4, -0.2) is 61.6 Å². The van der Waals surface area contributed by atoms with Crippen molar-refractivity contribution < 1.29 is 23.9 Å². The summed E-state index contributed by atoms with van der Waals surface area (Å²) in [6.07, 6.45) is 1.24. The van der Waals surface area contributed by atoms with Crippen molar-refractivity contribution in [3.63, 3.8) is 0 Å². The molecule has 2 aliphatic heterocycles. The molecular weight excluding hydrogens is 374 g/mol. The van der Waals surface area contributed by atoms with E-state index in [0.29, 0.717) is 29.8 Å². The SMILES string of the molecule is CNC(=O)C[C@@H]1CC[C@H]2[C@@H](COc3ccc(NC(=O)C(C)C)cc3C(=O)N2C)O1. The Bertz CT molecular complexity index is 795. The minimum absolute atomic E-state index is 0.0639. The van der Waals surface area contributed by atoms with Crippen LogP contribution in [0, 0.1) is 5.92 Å². The van der Waals surface area contributed by atoms with Crippen molar-refractivity contribution in [2.75, 3.05) is 26.0 Å². The number of hydrogen-bond acceptors (Lipinski definition) is 5. The average Bonchev–Trinajstić information content (AvgIpc) is 2.70. The molecule has 8 nitrogen and oxygen atoms in total. The summed E-state index contributed by atoms with van der Waals surface area (Å²) in [7, 11) is 3.37. The van der Waals surface area contributed by atoms with Gasteiger partial charge in [-0.25, -0.2) is 0 Å². The molecule has 0 saturated carbocycles. The Morgan fingerprint density at radius 1 is 1.28 bits per heavy atom. The summed E-state index contributed by atoms with van der Waals surface area (Å²) in [5.41, 5.74) is 0.982. The lowest BCUT2D eigenvalue weighted by molar-refractivity contribution is -0.133. The predicted molar refractivity (Wildman–Crippen MR) is 108 cm³/mol. The Labute approximate surface area is 170 Å². The number of carbonyl (C=O) groups is 3. The quantitative estimate of drug-likeness (QED) is 0.799. The number of carbonyl (C=O) groups excluding carboxylic acids is 3. The van der Waals surface area contributed by atoms with Gasteiger partial charge < -0.3 is 25.0 Å². The lowest BCUT2D eigenvalue weighted by Crippen LogP contribution is -2.53. The molecule has 0 aliphatic carbocycles. The Kier molecular flexibility index (Phi) is 6.42. The maximum absolute atomic E-state index is 13.1. The number of nitrogens with one attached hydrogen (secondary N) is 2. The molecule has 1 aromatic carbocycles. The topological polar surface area (TPSA) is 97.0 Å². The van der Waals surface area contributed by atoms with E-state index in [9.17, 15) is 14.4 Å². The maximum Gasteiger partial charge on any atom is 0.257 e. The van der Waals surface area contributed by atoms with Crippen molar-refractivity contribution >= 4 is 23.4 Å². The number of ether oxygens (including phenoxy) is 2. The van der Waals surface area contributed by atoms with Gasteiger partial charge in [-0.05, 0) is 31.0 Å². The first-order chi connectivity index (χ1) is 13.8. The first kappa shape index (κ1) is 21.1. The first-order valence-electron chi connectivity index (χ1n) is 10.0. The molecule has 3 atom stereocenters. The molecule has 0 radical (unpaired) electrons. The van der Waals surface area contributed by atoms with Crippen LogP contribution in [0.15, 0.2) is 18.2 Å². The van der Waals surface area contributed by atoms with Crippen LogP contribution in [0.2, 0.25) is 0 Å². The molecule has 0 bridgehead atoms. The zero-order valence-corrected chi connectivity index (χ0v) is 17.4. The second-order valence-electron chi connectivity index (χ2n) is 7.90. The van der Waals surface area contributed by atoms with E-state index in [0.717, 1.165) is 6.42 Å². The highest BCUT2D eigenvalue weighted by atomic mass is 16.5. The molecule has 0 spiro atoms. The molecule has 2 heterocycles. The molecule has 3 rings (SSSR count). The van der Waals surface area contributed by atoms with Crippen LogP contribution in [0.3, 0.4) is 0 Å². The van der Waals surface area contributed by atoms with E-state index < -0.39 is 0 Å². The number of hydrogen-bond donors (Lipinski definition) is 2. The van der Waals surface area contributed by atoms with Gasteiger partial charge in [-0.2, -0.15) is 0 Å². The molecule has 8 heteroatoms. The van der Waals surface area contributed by atoms with E-state index >= 15 is 0 Å². The number of benzene rings is 1. The standard InChI is InChI=1S/C21H29N3O5/c1-12(2)20(26)23-13-5-8-17-15(9-13)21(27)24(4)16-7-6-14(10-19(25)22-3)29-18(16)11-28-17/h5,8-9,12,14,16,18H,6-7,10-11H2,1-4H3,(H,22,25)(H,23,26)/t14-,16-,18+/m0/s1. The van der Waals surface area contributed by atoms with Crippen LogP contribution >= 0.6 is 0 Å². The summed E-state index contributed by atoms with van der Waals surface area (Å²) >= 11 is 0. The molecule has 1 fully saturated rings. The van der Waals surface area contributed by atoms with Gasteiger partial charge >= 0.3 is 0 Å². The summed E-state index contributed by atoms with van der Waals surface area (Å²) in [6, 6.07) is 4.95. The Hall–Kier alpha value is -2.61. The van der Waals surface area contributed by atoms with Crippen LogP contribution in [0.4, 0.5) is 5.69 Å². The molecule has 1 saturated heterocycles. The second-order valence-corrected chi connectivity index (χ2v) is 7.90. The lowest BCUT2D eigenvalue weighted by atomic mass is 9.94. The molecule has 29 heavy (non-hydrogen) atoms. The second kappa shape index (κ2) is 8.82. The van der Waals surface area contributed by atoms with Crippen molar-refractivity contribution in [3.05, 3.63) is 23.8 Å². The highest BCUT2D eigenvalue weighted by Gasteiger charge is 2.39. The molecule has 0 aromatic heterocycles. The van der Waals surface area contributed by atoms with Crippen LogP contribution in [0.5, 0.6) is 5.75 Å². The minimum Gasteiger partial charge on any atom is -0.490 e. The van der Waals surface area contributed by atoms with E-state index in [1.807, 2.05) is 13.8 Å². The Morgan fingerprint density at radius 3 is 2.72 bits per heavy atom. The maximum atomic E-state index is 13.1. The van der Waals surface area contributed by atoms with Gasteiger partial charge in [0.1, 0.15) is 18.5 Å². The zero-order valence-electron chi connectivity index (χ0n) is 17.4. The molecule has 0 unspecified atom stereocenters. The largest absolute Gasteiger partial charge is 0.490 e. The third-order valence-corrected chi connectivity index (χ3v) is 5.50. The number of amides is 3. The fraction of sp³-hybridized carbons (Fsp3) is 0.571. The lowest BCUT2D eigenvalue weighted by Gasteiger charge is -2.42. The number of fused-ring (bicyclic) bond motifs is 2. The fourth-order valence-corrected chi connectivity index (χ4v) is 3.70. The molecular formula is C21H29N3O5. The molecule has 158 valence electrons. The fourth-order valence-electron chi connectivity index (χ4n) is 3.70. The molecule has 2 aliphatic rings. The summed E-state index contributed by atoms with van der Waals surface area (Å²) in [6.45, 7) is 3.91. The van der Waals surface area contributed by atoms with Crippen LogP contribution in [-0.2, 0) is 14.3 Å². The van der Waals surface area contributed by atoms with Gasteiger partial charge in [-0.3, -0.25) is 14.4 Å². The van der Waals surface area contributed by atoms with Crippen LogP contribution in [0.1, 0.15) is 43.5 Å². The Morgan fingerprint density at radius 2 is 2.03 bits per heavy atom. The summed E-state index contributed by atoms with van der Waals surface area (Å²) < 4.78 is 12.0. The monoisotopic (exact) mass is 403 g/mol. The van der Waals surface area contributed by atoms with Crippen molar-refractivity contribution in [2.45, 2.75) is 51.4 Å². The van der Waals surface area contributed by atoms with Crippen molar-refractivity contribution in [1.29, 1.82) is 0 Å². The first-order valence-corrected chi connectivity index (χ1v) is 10.0.